The topological polar surface area (TPSA) is 82.3 Å². The van der Waals surface area contributed by atoms with Gasteiger partial charge in [0.1, 0.15) is 12.7 Å². The van der Waals surface area contributed by atoms with Gasteiger partial charge in [-0.25, -0.2) is 9.78 Å². The second kappa shape index (κ2) is 7.61. The molecule has 2 aromatic heterocycles. The van der Waals surface area contributed by atoms with Crippen molar-refractivity contribution in [1.29, 1.82) is 0 Å². The molecule has 4 rings (SSSR count). The van der Waals surface area contributed by atoms with E-state index in [2.05, 4.69) is 4.98 Å². The highest BCUT2D eigenvalue weighted by atomic mass is 16.6. The summed E-state index contributed by atoms with van der Waals surface area (Å²) in [6, 6.07) is 11.6. The Labute approximate surface area is 162 Å². The number of benzene rings is 1. The largest absolute Gasteiger partial charge is 0.478 e. The zero-order valence-electron chi connectivity index (χ0n) is 15.8. The van der Waals surface area contributed by atoms with Crippen molar-refractivity contribution in [1.82, 2.24) is 9.38 Å². The molecule has 146 valence electrons. The highest BCUT2D eigenvalue weighted by molar-refractivity contribution is 5.71. The molecular formula is C21H22N2O5. The fourth-order valence-electron chi connectivity index (χ4n) is 3.71. The molecule has 1 aliphatic carbocycles. The quantitative estimate of drug-likeness (QED) is 0.659. The Bertz CT molecular complexity index is 1010. The van der Waals surface area contributed by atoms with Gasteiger partial charge in [-0.15, -0.1) is 0 Å². The van der Waals surface area contributed by atoms with Crippen LogP contribution in [0.1, 0.15) is 28.6 Å². The fourth-order valence-corrected chi connectivity index (χ4v) is 3.71. The molecule has 0 saturated heterocycles. The second-order valence-corrected chi connectivity index (χ2v) is 6.77. The lowest BCUT2D eigenvalue weighted by atomic mass is 10.1. The van der Waals surface area contributed by atoms with E-state index < -0.39 is 18.2 Å². The normalized spacial score (nSPS) is 18.2. The Balaban J connectivity index is 1.70. The summed E-state index contributed by atoms with van der Waals surface area (Å²) >= 11 is 0. The Morgan fingerprint density at radius 2 is 2.11 bits per heavy atom. The number of aliphatic hydroxyl groups is 1. The number of fused-ring (bicyclic) bond motifs is 2. The van der Waals surface area contributed by atoms with Crippen LogP contribution < -0.4 is 4.74 Å². The molecule has 0 fully saturated rings. The number of hydrogen-bond donors (Lipinski definition) is 1. The second-order valence-electron chi connectivity index (χ2n) is 6.77. The van der Waals surface area contributed by atoms with E-state index in [9.17, 15) is 9.90 Å². The monoisotopic (exact) mass is 382 g/mol. The van der Waals surface area contributed by atoms with E-state index in [0.717, 1.165) is 22.5 Å². The molecule has 2 heterocycles. The molecule has 2 atom stereocenters. The van der Waals surface area contributed by atoms with Gasteiger partial charge in [0.05, 0.1) is 18.0 Å². The zero-order valence-corrected chi connectivity index (χ0v) is 15.8. The minimum absolute atomic E-state index is 0.103. The number of methoxy groups -OCH3 is 1. The number of nitrogens with zero attached hydrogens (tertiary/aromatic N) is 2. The Morgan fingerprint density at radius 1 is 1.29 bits per heavy atom. The van der Waals surface area contributed by atoms with Crippen LogP contribution in [0.15, 0.2) is 42.6 Å². The first-order valence-electron chi connectivity index (χ1n) is 9.12. The summed E-state index contributed by atoms with van der Waals surface area (Å²) in [7, 11) is 1.46. The van der Waals surface area contributed by atoms with E-state index >= 15 is 0 Å². The van der Waals surface area contributed by atoms with Crippen LogP contribution in [0, 0.1) is 6.92 Å². The summed E-state index contributed by atoms with van der Waals surface area (Å²) in [6.07, 6.45) is 1.52. The third-order valence-electron chi connectivity index (χ3n) is 4.98. The number of imidazole rings is 1. The van der Waals surface area contributed by atoms with Gasteiger partial charge in [0.25, 0.3) is 0 Å². The number of aliphatic hydroxyl groups excluding tert-OH is 1. The van der Waals surface area contributed by atoms with Gasteiger partial charge in [-0.05, 0) is 30.2 Å². The fraction of sp³-hybridized carbons (Fsp3) is 0.333. The molecule has 0 spiro atoms. The minimum atomic E-state index is -0.450. The molecule has 1 aromatic carbocycles. The molecule has 0 radical (unpaired) electrons. The average Bonchev–Trinajstić information content (AvgIpc) is 3.19. The maximum atomic E-state index is 12.0. The third-order valence-corrected chi connectivity index (χ3v) is 4.98. The summed E-state index contributed by atoms with van der Waals surface area (Å²) in [5, 5.41) is 9.63. The first kappa shape index (κ1) is 18.5. The minimum Gasteiger partial charge on any atom is -0.478 e. The van der Waals surface area contributed by atoms with Crippen molar-refractivity contribution in [3.8, 4) is 5.75 Å². The Hall–Kier alpha value is -2.90. The molecule has 28 heavy (non-hydrogen) atoms. The standard InChI is InChI=1S/C21H22N2O5/c1-13-16(11-24)23-9-5-8-17(21(23)22-13)28-20-15-7-4-3-6-14(15)10-18(20)27-19(25)12-26-2/h3-9,18,20,24H,10-12H2,1-2H3/t18-,20-/m1/s1. The zero-order chi connectivity index (χ0) is 19.7. The molecule has 0 saturated carbocycles. The average molecular weight is 382 g/mol. The summed E-state index contributed by atoms with van der Waals surface area (Å²) in [4.78, 5) is 16.5. The molecule has 1 aliphatic rings. The van der Waals surface area contributed by atoms with E-state index in [1.807, 2.05) is 53.9 Å². The Morgan fingerprint density at radius 3 is 2.89 bits per heavy atom. The lowest BCUT2D eigenvalue weighted by Gasteiger charge is -2.22. The summed E-state index contributed by atoms with van der Waals surface area (Å²) in [6.45, 7) is 1.64. The molecular weight excluding hydrogens is 360 g/mol. The number of hydrogen-bond acceptors (Lipinski definition) is 6. The molecule has 3 aromatic rings. The van der Waals surface area contributed by atoms with Crippen LogP contribution in [0.4, 0.5) is 0 Å². The maximum absolute atomic E-state index is 12.0. The lowest BCUT2D eigenvalue weighted by Crippen LogP contribution is -2.28. The number of aryl methyl sites for hydroxylation is 1. The molecule has 7 nitrogen and oxygen atoms in total. The van der Waals surface area contributed by atoms with Crippen LogP contribution in [0.2, 0.25) is 0 Å². The molecule has 7 heteroatoms. The molecule has 0 unspecified atom stereocenters. The van der Waals surface area contributed by atoms with Gasteiger partial charge in [0.2, 0.25) is 0 Å². The van der Waals surface area contributed by atoms with Gasteiger partial charge in [-0.1, -0.05) is 24.3 Å². The van der Waals surface area contributed by atoms with Crippen molar-refractivity contribution in [3.05, 3.63) is 65.1 Å². The number of pyridine rings is 1. The van der Waals surface area contributed by atoms with Crippen LogP contribution >= 0.6 is 0 Å². The van der Waals surface area contributed by atoms with E-state index in [0.29, 0.717) is 17.8 Å². The number of carbonyl (C=O) groups is 1. The Kier molecular flexibility index (Phi) is 5.02. The number of aromatic nitrogens is 2. The number of esters is 1. The predicted molar refractivity (Wildman–Crippen MR) is 101 cm³/mol. The smallest absolute Gasteiger partial charge is 0.332 e. The third kappa shape index (κ3) is 3.23. The number of carbonyl (C=O) groups excluding carboxylic acids is 1. The van der Waals surface area contributed by atoms with Gasteiger partial charge < -0.3 is 19.3 Å². The van der Waals surface area contributed by atoms with Gasteiger partial charge >= 0.3 is 5.97 Å². The SMILES string of the molecule is COCC(=O)O[C@@H]1Cc2ccccc2[C@H]1Oc1cccn2c(CO)c(C)nc12. The molecule has 0 aliphatic heterocycles. The number of rotatable bonds is 6. The van der Waals surface area contributed by atoms with E-state index in [4.69, 9.17) is 14.2 Å². The summed E-state index contributed by atoms with van der Waals surface area (Å²) < 4.78 is 18.7. The lowest BCUT2D eigenvalue weighted by molar-refractivity contribution is -0.157. The van der Waals surface area contributed by atoms with Crippen molar-refractivity contribution in [2.45, 2.75) is 32.2 Å². The first-order chi connectivity index (χ1) is 13.6. The van der Waals surface area contributed by atoms with Gasteiger partial charge in [-0.2, -0.15) is 0 Å². The molecule has 0 amide bonds. The van der Waals surface area contributed by atoms with Crippen LogP contribution in [0.25, 0.3) is 5.65 Å². The highest BCUT2D eigenvalue weighted by Gasteiger charge is 2.37. The summed E-state index contributed by atoms with van der Waals surface area (Å²) in [5.41, 5.74) is 4.16. The van der Waals surface area contributed by atoms with E-state index in [1.54, 1.807) is 0 Å². The highest BCUT2D eigenvalue weighted by Crippen LogP contribution is 2.38. The van der Waals surface area contributed by atoms with Gasteiger partial charge in [0.15, 0.2) is 17.5 Å². The van der Waals surface area contributed by atoms with Crippen molar-refractivity contribution in [2.24, 2.45) is 0 Å². The number of ether oxygens (including phenoxy) is 3. The van der Waals surface area contributed by atoms with Crippen molar-refractivity contribution < 1.29 is 24.1 Å². The van der Waals surface area contributed by atoms with E-state index in [1.165, 1.54) is 7.11 Å². The van der Waals surface area contributed by atoms with Crippen LogP contribution in [0.3, 0.4) is 0 Å². The van der Waals surface area contributed by atoms with Gasteiger partial charge in [0, 0.05) is 19.7 Å². The van der Waals surface area contributed by atoms with Crippen LogP contribution in [-0.4, -0.2) is 40.3 Å². The van der Waals surface area contributed by atoms with Gasteiger partial charge in [-0.3, -0.25) is 4.40 Å². The van der Waals surface area contributed by atoms with Crippen LogP contribution in [-0.2, 0) is 27.3 Å². The van der Waals surface area contributed by atoms with Crippen molar-refractivity contribution in [3.63, 3.8) is 0 Å². The van der Waals surface area contributed by atoms with E-state index in [-0.39, 0.29) is 13.2 Å². The first-order valence-corrected chi connectivity index (χ1v) is 9.12. The molecule has 1 N–H and O–H groups in total. The molecule has 0 bridgehead atoms. The van der Waals surface area contributed by atoms with Crippen LogP contribution in [0.5, 0.6) is 5.75 Å². The predicted octanol–water partition coefficient (Wildman–Crippen LogP) is 2.37. The van der Waals surface area contributed by atoms with Crippen molar-refractivity contribution >= 4 is 11.6 Å². The van der Waals surface area contributed by atoms with Crippen molar-refractivity contribution in [2.75, 3.05) is 13.7 Å². The maximum Gasteiger partial charge on any atom is 0.332 e. The summed E-state index contributed by atoms with van der Waals surface area (Å²) in [5.74, 6) is 0.145.